The van der Waals surface area contributed by atoms with Crippen molar-refractivity contribution < 1.29 is 83.1 Å². The van der Waals surface area contributed by atoms with E-state index in [0.29, 0.717) is 0 Å². The molecule has 5 rings (SSSR count). The summed E-state index contributed by atoms with van der Waals surface area (Å²) in [5.41, 5.74) is 9.81. The van der Waals surface area contributed by atoms with E-state index in [-0.39, 0.29) is 52.5 Å². The second-order valence-electron chi connectivity index (χ2n) is 8.87. The van der Waals surface area contributed by atoms with E-state index < -0.39 is 81.7 Å². The van der Waals surface area contributed by atoms with Gasteiger partial charge in [-0.1, -0.05) is 0 Å². The van der Waals surface area contributed by atoms with Crippen molar-refractivity contribution in [1.29, 1.82) is 0 Å². The number of aliphatic hydroxyl groups is 4. The fraction of sp³-hybridized carbons (Fsp3) is 0.526. The van der Waals surface area contributed by atoms with Gasteiger partial charge in [0.25, 0.3) is 0 Å². The van der Waals surface area contributed by atoms with Crippen LogP contribution in [-0.4, -0.2) is 104 Å². The third-order valence-electron chi connectivity index (χ3n) is 6.29. The molecule has 5 heterocycles. The van der Waals surface area contributed by atoms with Gasteiger partial charge in [-0.3, -0.25) is 18.2 Å². The van der Waals surface area contributed by atoms with Crippen LogP contribution in [0, 0.1) is 0 Å². The van der Waals surface area contributed by atoms with Crippen molar-refractivity contribution in [3.63, 3.8) is 0 Å². The minimum atomic E-state index is -5.04. The molecule has 22 heteroatoms. The van der Waals surface area contributed by atoms with Crippen molar-refractivity contribution in [2.24, 2.45) is 0 Å². The molecule has 0 aromatic carbocycles. The zero-order valence-corrected chi connectivity index (χ0v) is 24.0. The molecule has 9 N–H and O–H groups in total. The Kier molecular flexibility index (Phi) is 9.36. The van der Waals surface area contributed by atoms with Gasteiger partial charge in [-0.25, -0.2) is 19.3 Å². The van der Waals surface area contributed by atoms with E-state index >= 15 is 0 Å². The average Bonchev–Trinajstić information content (AvgIpc) is 3.53. The molecule has 3 aromatic heterocycles. The monoisotopic (exact) mass is 610 g/mol. The van der Waals surface area contributed by atoms with Crippen LogP contribution in [0.1, 0.15) is 12.5 Å². The van der Waals surface area contributed by atoms with E-state index in [2.05, 4.69) is 19.9 Å². The number of ether oxygens (including phenoxy) is 2. The van der Waals surface area contributed by atoms with E-state index in [1.54, 1.807) is 0 Å². The van der Waals surface area contributed by atoms with E-state index in [1.165, 1.54) is 12.3 Å². The van der Waals surface area contributed by atoms with Gasteiger partial charge in [0.2, 0.25) is 5.95 Å². The van der Waals surface area contributed by atoms with Crippen LogP contribution < -0.4 is 51.8 Å². The first-order valence-electron chi connectivity index (χ1n) is 11.5. The van der Waals surface area contributed by atoms with Crippen LogP contribution in [0.3, 0.4) is 0 Å². The fourth-order valence-electron chi connectivity index (χ4n) is 4.39. The molecule has 0 spiro atoms. The zero-order valence-electron chi connectivity index (χ0n) is 21.1. The first kappa shape index (κ1) is 31.6. The number of phosphoric acid groups is 1. The van der Waals surface area contributed by atoms with Crippen LogP contribution in [0.2, 0.25) is 0 Å². The summed E-state index contributed by atoms with van der Waals surface area (Å²) < 4.78 is 35.8. The third-order valence-corrected chi connectivity index (χ3v) is 7.28. The summed E-state index contributed by atoms with van der Waals surface area (Å²) in [7, 11) is -5.04. The Labute approximate surface area is 251 Å². The van der Waals surface area contributed by atoms with E-state index in [4.69, 9.17) is 30.0 Å². The molecule has 0 bridgehead atoms. The maximum Gasteiger partial charge on any atom is 1.00 e. The largest absolute Gasteiger partial charge is 1.00 e. The van der Waals surface area contributed by atoms with Gasteiger partial charge in [-0.15, -0.1) is 0 Å². The molecule has 41 heavy (non-hydrogen) atoms. The van der Waals surface area contributed by atoms with Crippen LogP contribution in [0.25, 0.3) is 11.2 Å². The van der Waals surface area contributed by atoms with Crippen molar-refractivity contribution in [2.75, 3.05) is 24.7 Å². The number of nitrogen functional groups attached to an aromatic ring is 2. The quantitative estimate of drug-likeness (QED) is 0.0920. The molecule has 2 fully saturated rings. The Bertz CT molecular complexity index is 1510. The molecule has 0 saturated carbocycles. The summed E-state index contributed by atoms with van der Waals surface area (Å²) in [6.45, 7) is -1.57. The van der Waals surface area contributed by atoms with Crippen LogP contribution in [0.4, 0.5) is 11.8 Å². The molecule has 2 aliphatic rings. The van der Waals surface area contributed by atoms with Crippen LogP contribution in [0.5, 0.6) is 5.88 Å². The molecule has 0 aliphatic carbocycles. The van der Waals surface area contributed by atoms with Crippen LogP contribution in [0.15, 0.2) is 23.4 Å². The predicted molar refractivity (Wildman–Crippen MR) is 126 cm³/mol. The molecule has 0 amide bonds. The fourth-order valence-corrected chi connectivity index (χ4v) is 5.35. The summed E-state index contributed by atoms with van der Waals surface area (Å²) in [6.07, 6.45) is -9.91. The van der Waals surface area contributed by atoms with Crippen molar-refractivity contribution in [3.05, 3.63) is 29.1 Å². The van der Waals surface area contributed by atoms with Crippen molar-refractivity contribution in [2.45, 2.75) is 49.1 Å². The number of nitrogens with two attached hydrogens (primary N) is 2. The molecule has 3 aromatic rings. The number of phosphoric ester groups is 1. The number of rotatable bonds is 8. The molecule has 218 valence electrons. The maximum atomic E-state index is 12.7. The van der Waals surface area contributed by atoms with E-state index in [9.17, 15) is 39.8 Å². The first-order valence-corrected chi connectivity index (χ1v) is 13.0. The number of aromatic nitrogens is 6. The molecular formula is C19H24N8NaO12P. The van der Waals surface area contributed by atoms with Gasteiger partial charge in [-0.2, -0.15) is 9.97 Å². The molecule has 2 saturated heterocycles. The van der Waals surface area contributed by atoms with Crippen LogP contribution in [-0.2, 0) is 23.1 Å². The number of nitrogens with zero attached hydrogens (tertiary/aromatic N) is 6. The minimum Gasteiger partial charge on any atom is -0.857 e. The average molecular weight is 610 g/mol. The Hall–Kier alpha value is -2.30. The van der Waals surface area contributed by atoms with Crippen molar-refractivity contribution in [1.82, 2.24) is 29.1 Å². The van der Waals surface area contributed by atoms with Crippen molar-refractivity contribution in [3.8, 4) is 5.88 Å². The summed E-state index contributed by atoms with van der Waals surface area (Å²) in [6, 6.07) is 1.26. The van der Waals surface area contributed by atoms with E-state index in [1.807, 2.05) is 0 Å². The molecular weight excluding hydrogens is 586 g/mol. The Balaban J connectivity index is 0.00000387. The maximum absolute atomic E-state index is 12.7. The summed E-state index contributed by atoms with van der Waals surface area (Å²) in [5, 5.41) is 53.3. The second-order valence-corrected chi connectivity index (χ2v) is 10.3. The normalized spacial score (nSPS) is 31.2. The standard InChI is InChI=1S/C19H25N8O12P.Na/c20-8-1-2-26(19(33)23-8)16-11(30)10(29)7(38-16)4-36-40(34,35)39-13-6(3-28)37-17(12(13)31)27-5-22-9-14(27)24-18(21)25-15(9)32;/h1-2,5-7,10-13,16-17,28-31H,3-4H2,(H,34,35)(H2,20,23,33)(H3,21,24,25,32);/q;+1/p-1/t6-,7-,10-,11-,12-,13-,16-,17-;/m1./s1. The minimum absolute atomic E-state index is 0. The third kappa shape index (κ3) is 6.11. The first-order chi connectivity index (χ1) is 18.9. The molecule has 20 nitrogen and oxygen atoms in total. The Morgan fingerprint density at radius 2 is 1.73 bits per heavy atom. The van der Waals surface area contributed by atoms with Gasteiger partial charge >= 0.3 is 43.1 Å². The SMILES string of the molecule is Nc1ccn([C@@H]2O[C@H](COP(=O)(O)O[C@H]3[C@@H](O)[C@H](n4cnc5c([O-])nc(N)nc54)O[C@@H]3CO)[C@@H](O)[C@H]2O)c(=O)n1.[Na+]. The predicted octanol–water partition coefficient (Wildman–Crippen LogP) is -7.30. The number of hydrogen-bond donors (Lipinski definition) is 7. The number of aliphatic hydroxyl groups excluding tert-OH is 4. The van der Waals surface area contributed by atoms with Gasteiger partial charge in [0.15, 0.2) is 18.1 Å². The number of imidazole rings is 1. The van der Waals surface area contributed by atoms with Gasteiger partial charge in [0.05, 0.1) is 19.5 Å². The summed E-state index contributed by atoms with van der Waals surface area (Å²) in [4.78, 5) is 37.1. The summed E-state index contributed by atoms with van der Waals surface area (Å²) in [5.74, 6) is -1.23. The molecule has 0 radical (unpaired) electrons. The molecule has 2 aliphatic heterocycles. The van der Waals surface area contributed by atoms with Crippen molar-refractivity contribution >= 4 is 30.8 Å². The number of fused-ring (bicyclic) bond motifs is 1. The van der Waals surface area contributed by atoms with Gasteiger partial charge in [0, 0.05) is 12.1 Å². The molecule has 1 unspecified atom stereocenters. The Morgan fingerprint density at radius 1 is 1.05 bits per heavy atom. The van der Waals surface area contributed by atoms with Gasteiger partial charge in [-0.05, 0) is 6.07 Å². The van der Waals surface area contributed by atoms with Crippen LogP contribution >= 0.6 is 7.82 Å². The molecule has 9 atom stereocenters. The topological polar surface area (TPSA) is 309 Å². The number of hydrogen-bond acceptors (Lipinski definition) is 17. The smallest absolute Gasteiger partial charge is 0.857 e. The second kappa shape index (κ2) is 12.1. The number of anilines is 2. The van der Waals surface area contributed by atoms with Gasteiger partial charge < -0.3 is 51.4 Å². The Morgan fingerprint density at radius 3 is 2.41 bits per heavy atom. The van der Waals surface area contributed by atoms with Gasteiger partial charge in [0.1, 0.15) is 48.0 Å². The van der Waals surface area contributed by atoms with E-state index in [0.717, 1.165) is 15.5 Å². The zero-order chi connectivity index (χ0) is 28.9. The summed E-state index contributed by atoms with van der Waals surface area (Å²) >= 11 is 0.